The second kappa shape index (κ2) is 2.03. The van der Waals surface area contributed by atoms with Crippen LogP contribution in [-0.4, -0.2) is 14.3 Å². The van der Waals surface area contributed by atoms with E-state index >= 15 is 0 Å². The van der Waals surface area contributed by atoms with Crippen LogP contribution in [0.3, 0.4) is 0 Å². The van der Waals surface area contributed by atoms with Gasteiger partial charge in [-0.25, -0.2) is 4.79 Å². The first-order valence-corrected chi connectivity index (χ1v) is 3.62. The van der Waals surface area contributed by atoms with E-state index in [2.05, 4.69) is 14.3 Å². The maximum Gasteiger partial charge on any atom is 0.326 e. The zero-order valence-electron chi connectivity index (χ0n) is 5.25. The molecule has 2 aromatic rings. The van der Waals surface area contributed by atoms with Gasteiger partial charge in [-0.3, -0.25) is 14.8 Å². The van der Waals surface area contributed by atoms with E-state index in [4.69, 9.17) is 0 Å². The van der Waals surface area contributed by atoms with Gasteiger partial charge in [0.05, 0.1) is 11.6 Å². The molecule has 56 valence electrons. The molecule has 0 aliphatic rings. The first-order valence-electron chi connectivity index (χ1n) is 2.84. The van der Waals surface area contributed by atoms with Gasteiger partial charge < -0.3 is 0 Å². The molecule has 2 rings (SSSR count). The fourth-order valence-corrected chi connectivity index (χ4v) is 1.44. The first-order chi connectivity index (χ1) is 5.27. The Morgan fingerprint density at radius 1 is 1.36 bits per heavy atom. The minimum Gasteiger partial charge on any atom is -0.297 e. The van der Waals surface area contributed by atoms with Crippen LogP contribution in [0.5, 0.6) is 0 Å². The van der Waals surface area contributed by atoms with Crippen molar-refractivity contribution in [3.63, 3.8) is 0 Å². The topological polar surface area (TPSA) is 78.6 Å². The van der Waals surface area contributed by atoms with Crippen molar-refractivity contribution in [3.8, 4) is 0 Å². The zero-order valence-corrected chi connectivity index (χ0v) is 6.07. The van der Waals surface area contributed by atoms with Crippen LogP contribution >= 0.6 is 11.5 Å². The fourth-order valence-electron chi connectivity index (χ4n) is 0.796. The largest absolute Gasteiger partial charge is 0.326 e. The van der Waals surface area contributed by atoms with E-state index in [-0.39, 0.29) is 0 Å². The Morgan fingerprint density at radius 3 is 3.00 bits per heavy atom. The maximum atomic E-state index is 11.0. The summed E-state index contributed by atoms with van der Waals surface area (Å²) in [6, 6.07) is 0. The Labute approximate surface area is 63.9 Å². The van der Waals surface area contributed by atoms with Crippen LogP contribution in [0.25, 0.3) is 10.2 Å². The molecule has 0 spiro atoms. The third-order valence-electron chi connectivity index (χ3n) is 1.27. The van der Waals surface area contributed by atoms with Crippen molar-refractivity contribution >= 4 is 21.7 Å². The molecule has 2 heterocycles. The molecule has 0 saturated heterocycles. The van der Waals surface area contributed by atoms with E-state index < -0.39 is 11.2 Å². The van der Waals surface area contributed by atoms with Gasteiger partial charge in [0.25, 0.3) is 5.56 Å². The van der Waals surface area contributed by atoms with Crippen LogP contribution < -0.4 is 11.2 Å². The molecule has 2 N–H and O–H groups in total. The summed E-state index contributed by atoms with van der Waals surface area (Å²) in [6.07, 6.45) is 1.43. The van der Waals surface area contributed by atoms with Crippen molar-refractivity contribution in [2.45, 2.75) is 0 Å². The Morgan fingerprint density at radius 2 is 2.18 bits per heavy atom. The van der Waals surface area contributed by atoms with E-state index in [1.165, 1.54) is 6.20 Å². The van der Waals surface area contributed by atoms with Gasteiger partial charge in [0.2, 0.25) is 0 Å². The first kappa shape index (κ1) is 6.29. The van der Waals surface area contributed by atoms with Crippen molar-refractivity contribution in [1.29, 1.82) is 0 Å². The molecule has 0 saturated carbocycles. The maximum absolute atomic E-state index is 11.0. The molecule has 0 aromatic carbocycles. The Bertz CT molecular complexity index is 494. The normalized spacial score (nSPS) is 10.5. The van der Waals surface area contributed by atoms with Crippen molar-refractivity contribution in [3.05, 3.63) is 27.0 Å². The zero-order chi connectivity index (χ0) is 7.84. The lowest BCUT2D eigenvalue weighted by Gasteiger charge is -1.82. The monoisotopic (exact) mass is 169 g/mol. The smallest absolute Gasteiger partial charge is 0.297 e. The lowest BCUT2D eigenvalue weighted by molar-refractivity contribution is 1.09. The molecule has 0 aliphatic heterocycles. The van der Waals surface area contributed by atoms with Gasteiger partial charge in [-0.05, 0) is 11.5 Å². The molecule has 11 heavy (non-hydrogen) atoms. The van der Waals surface area contributed by atoms with Crippen LogP contribution in [0, 0.1) is 0 Å². The van der Waals surface area contributed by atoms with Gasteiger partial charge in [0.1, 0.15) is 4.83 Å². The van der Waals surface area contributed by atoms with E-state index in [9.17, 15) is 9.59 Å². The van der Waals surface area contributed by atoms with E-state index in [1.807, 2.05) is 0 Å². The second-order valence-corrected chi connectivity index (χ2v) is 2.78. The summed E-state index contributed by atoms with van der Waals surface area (Å²) in [4.78, 5) is 26.7. The van der Waals surface area contributed by atoms with Gasteiger partial charge in [-0.1, -0.05) is 0 Å². The summed E-state index contributed by atoms with van der Waals surface area (Å²) in [7, 11) is 0. The number of aromatic nitrogens is 3. The van der Waals surface area contributed by atoms with Crippen molar-refractivity contribution in [2.75, 3.05) is 0 Å². The van der Waals surface area contributed by atoms with Crippen molar-refractivity contribution in [1.82, 2.24) is 14.3 Å². The van der Waals surface area contributed by atoms with E-state index in [1.54, 1.807) is 0 Å². The third kappa shape index (κ3) is 0.874. The Balaban J connectivity index is 3.15. The number of H-pyrrole nitrogens is 2. The molecule has 2 aromatic heterocycles. The third-order valence-corrected chi connectivity index (χ3v) is 1.98. The highest BCUT2D eigenvalue weighted by molar-refractivity contribution is 7.12. The SMILES string of the molecule is O=c1[nH]c(=O)c2cnsc2[nH]1. The molecule has 0 unspecified atom stereocenters. The molecule has 6 heteroatoms. The Hall–Kier alpha value is -1.43. The molecule has 0 amide bonds. The van der Waals surface area contributed by atoms with E-state index in [0.29, 0.717) is 10.2 Å². The summed E-state index contributed by atoms with van der Waals surface area (Å²) in [5.74, 6) is 0. The summed E-state index contributed by atoms with van der Waals surface area (Å²) >= 11 is 1.09. The number of rotatable bonds is 0. The van der Waals surface area contributed by atoms with Crippen molar-refractivity contribution < 1.29 is 0 Å². The van der Waals surface area contributed by atoms with Crippen LogP contribution in [-0.2, 0) is 0 Å². The van der Waals surface area contributed by atoms with E-state index in [0.717, 1.165) is 11.5 Å². The van der Waals surface area contributed by atoms with Crippen molar-refractivity contribution in [2.24, 2.45) is 0 Å². The average Bonchev–Trinajstić information content (AvgIpc) is 2.34. The van der Waals surface area contributed by atoms with Crippen LogP contribution in [0.2, 0.25) is 0 Å². The second-order valence-electron chi connectivity index (χ2n) is 1.98. The average molecular weight is 169 g/mol. The minimum atomic E-state index is -0.494. The van der Waals surface area contributed by atoms with Gasteiger partial charge in [0, 0.05) is 0 Å². The fraction of sp³-hybridized carbons (Fsp3) is 0. The van der Waals surface area contributed by atoms with Crippen LogP contribution in [0.1, 0.15) is 0 Å². The number of hydrogen-bond donors (Lipinski definition) is 2. The predicted molar refractivity (Wildman–Crippen MR) is 40.9 cm³/mol. The molecule has 0 radical (unpaired) electrons. The predicted octanol–water partition coefficient (Wildman–Crippen LogP) is -0.327. The van der Waals surface area contributed by atoms with Crippen LogP contribution in [0.15, 0.2) is 15.8 Å². The molecule has 0 aliphatic carbocycles. The number of aromatic amines is 2. The molecule has 0 bridgehead atoms. The summed E-state index contributed by atoms with van der Waals surface area (Å²) in [5, 5.41) is 0.426. The highest BCUT2D eigenvalue weighted by Crippen LogP contribution is 2.06. The van der Waals surface area contributed by atoms with Gasteiger partial charge in [0.15, 0.2) is 0 Å². The Kier molecular flexibility index (Phi) is 1.16. The van der Waals surface area contributed by atoms with Gasteiger partial charge in [-0.2, -0.15) is 4.37 Å². The lowest BCUT2D eigenvalue weighted by atomic mass is 10.5. The molecule has 0 fully saturated rings. The highest BCUT2D eigenvalue weighted by Gasteiger charge is 2.00. The summed E-state index contributed by atoms with van der Waals surface area (Å²) in [5.41, 5.74) is -0.885. The number of nitrogens with zero attached hydrogens (tertiary/aromatic N) is 1. The lowest BCUT2D eigenvalue weighted by Crippen LogP contribution is -2.20. The summed E-state index contributed by atoms with van der Waals surface area (Å²) < 4.78 is 3.75. The quantitative estimate of drug-likeness (QED) is 0.567. The summed E-state index contributed by atoms with van der Waals surface area (Å²) in [6.45, 7) is 0. The van der Waals surface area contributed by atoms with Crippen LogP contribution in [0.4, 0.5) is 0 Å². The standard InChI is InChI=1S/C5H3N3O2S/c9-3-2-1-6-11-4(2)8-5(10)7-3/h1H,(H2,7,8,9,10). The van der Waals surface area contributed by atoms with Gasteiger partial charge >= 0.3 is 5.69 Å². The minimum absolute atomic E-state index is 0.391. The molecular weight excluding hydrogens is 166 g/mol. The molecule has 5 nitrogen and oxygen atoms in total. The highest BCUT2D eigenvalue weighted by atomic mass is 32.1. The van der Waals surface area contributed by atoms with Gasteiger partial charge in [-0.15, -0.1) is 0 Å². The molecular formula is C5H3N3O2S. The molecule has 0 atom stereocenters. The number of nitrogens with one attached hydrogen (secondary N) is 2. The number of fused-ring (bicyclic) bond motifs is 1. The number of hydrogen-bond acceptors (Lipinski definition) is 4.